The van der Waals surface area contributed by atoms with Crippen LogP contribution in [0.1, 0.15) is 0 Å². The van der Waals surface area contributed by atoms with Gasteiger partial charge in [-0.3, -0.25) is 0 Å². The van der Waals surface area contributed by atoms with Crippen molar-refractivity contribution >= 4 is 15.5 Å². The Bertz CT molecular complexity index is 528. The van der Waals surface area contributed by atoms with Gasteiger partial charge in [-0.25, -0.2) is 8.42 Å². The lowest BCUT2D eigenvalue weighted by atomic mass is 10.3. The van der Waals surface area contributed by atoms with Crippen molar-refractivity contribution in [2.24, 2.45) is 0 Å². The van der Waals surface area contributed by atoms with Crippen molar-refractivity contribution in [1.29, 1.82) is 0 Å². The van der Waals surface area contributed by atoms with Crippen LogP contribution < -0.4 is 5.32 Å². The van der Waals surface area contributed by atoms with Gasteiger partial charge in [-0.1, -0.05) is 0 Å². The molecule has 1 atom stereocenters. The third kappa shape index (κ3) is 4.09. The van der Waals surface area contributed by atoms with E-state index in [0.29, 0.717) is 5.69 Å². The molecule has 2 N–H and O–H groups in total. The summed E-state index contributed by atoms with van der Waals surface area (Å²) < 4.78 is 63.9. The molecule has 0 aliphatic carbocycles. The topological polar surface area (TPSA) is 75.6 Å². The van der Waals surface area contributed by atoms with Crippen LogP contribution in [0.25, 0.3) is 0 Å². The highest BCUT2D eigenvalue weighted by Gasteiger charge is 2.46. The summed E-state index contributed by atoms with van der Waals surface area (Å²) in [7, 11) is -3.91. The molecular formula is C11H14F3NO4S. The number of alkyl halides is 3. The number of hydrogen-bond donors (Lipinski definition) is 2. The summed E-state index contributed by atoms with van der Waals surface area (Å²) in [5.74, 6) is 0. The number of rotatable bonds is 6. The Kier molecular flexibility index (Phi) is 5.37. The van der Waals surface area contributed by atoms with Crippen LogP contribution >= 0.6 is 0 Å². The largest absolute Gasteiger partial charge is 0.501 e. The van der Waals surface area contributed by atoms with Gasteiger partial charge in [0.25, 0.3) is 9.84 Å². The van der Waals surface area contributed by atoms with E-state index in [4.69, 9.17) is 4.74 Å². The zero-order valence-corrected chi connectivity index (χ0v) is 11.3. The van der Waals surface area contributed by atoms with E-state index < -0.39 is 26.3 Å². The minimum Gasteiger partial charge on any atom is -0.389 e. The van der Waals surface area contributed by atoms with Crippen LogP contribution in [-0.2, 0) is 14.6 Å². The lowest BCUT2D eigenvalue weighted by molar-refractivity contribution is -0.0436. The molecule has 0 amide bonds. The second-order valence-corrected chi connectivity index (χ2v) is 5.90. The van der Waals surface area contributed by atoms with Gasteiger partial charge < -0.3 is 15.2 Å². The second-order valence-electron chi connectivity index (χ2n) is 3.96. The van der Waals surface area contributed by atoms with Gasteiger partial charge in [0.2, 0.25) is 0 Å². The maximum atomic E-state index is 12.3. The fourth-order valence-corrected chi connectivity index (χ4v) is 2.13. The first-order valence-corrected chi connectivity index (χ1v) is 6.99. The van der Waals surface area contributed by atoms with Gasteiger partial charge in [-0.05, 0) is 24.3 Å². The maximum Gasteiger partial charge on any atom is 0.501 e. The lowest BCUT2D eigenvalue weighted by Crippen LogP contribution is -2.24. The molecule has 0 aliphatic heterocycles. The fraction of sp³-hybridized carbons (Fsp3) is 0.455. The number of aliphatic hydroxyl groups is 1. The molecule has 0 heterocycles. The summed E-state index contributed by atoms with van der Waals surface area (Å²) in [6.45, 7) is 0.229. The summed E-state index contributed by atoms with van der Waals surface area (Å²) in [4.78, 5) is -0.826. The van der Waals surface area contributed by atoms with Crippen molar-refractivity contribution in [1.82, 2.24) is 0 Å². The van der Waals surface area contributed by atoms with E-state index in [1.54, 1.807) is 0 Å². The number of sulfone groups is 1. The molecule has 0 saturated heterocycles. The molecule has 1 rings (SSSR count). The van der Waals surface area contributed by atoms with Crippen molar-refractivity contribution in [3.05, 3.63) is 24.3 Å². The lowest BCUT2D eigenvalue weighted by Gasteiger charge is -2.12. The highest BCUT2D eigenvalue weighted by Crippen LogP contribution is 2.30. The van der Waals surface area contributed by atoms with E-state index in [1.165, 1.54) is 19.2 Å². The van der Waals surface area contributed by atoms with E-state index in [0.717, 1.165) is 12.1 Å². The van der Waals surface area contributed by atoms with E-state index in [-0.39, 0.29) is 13.2 Å². The van der Waals surface area contributed by atoms with E-state index in [1.807, 2.05) is 0 Å². The number of aliphatic hydroxyl groups excluding tert-OH is 1. The third-order valence-corrected chi connectivity index (χ3v) is 3.87. The minimum atomic E-state index is -5.33. The zero-order chi connectivity index (χ0) is 15.4. The number of halogens is 3. The third-order valence-electron chi connectivity index (χ3n) is 2.37. The molecule has 0 radical (unpaired) electrons. The molecule has 5 nitrogen and oxygen atoms in total. The van der Waals surface area contributed by atoms with Crippen LogP contribution in [0.2, 0.25) is 0 Å². The molecule has 0 fully saturated rings. The predicted molar refractivity (Wildman–Crippen MR) is 66.1 cm³/mol. The summed E-state index contributed by atoms with van der Waals surface area (Å²) in [5, 5.41) is 12.1. The average Bonchev–Trinajstić information content (AvgIpc) is 2.36. The molecule has 20 heavy (non-hydrogen) atoms. The minimum absolute atomic E-state index is 0.105. The molecule has 0 bridgehead atoms. The average molecular weight is 313 g/mol. The summed E-state index contributed by atoms with van der Waals surface area (Å²) in [6, 6.07) is 4.10. The number of nitrogens with one attached hydrogen (secondary N) is 1. The Morgan fingerprint density at radius 1 is 1.30 bits per heavy atom. The molecule has 0 aromatic heterocycles. The molecule has 1 aromatic rings. The van der Waals surface area contributed by atoms with Crippen molar-refractivity contribution in [2.45, 2.75) is 16.5 Å². The number of ether oxygens (including phenoxy) is 1. The monoisotopic (exact) mass is 313 g/mol. The van der Waals surface area contributed by atoms with Crippen molar-refractivity contribution < 1.29 is 31.4 Å². The smallest absolute Gasteiger partial charge is 0.389 e. The number of hydrogen-bond acceptors (Lipinski definition) is 5. The summed E-state index contributed by atoms with van der Waals surface area (Å²) in [6.07, 6.45) is -0.779. The van der Waals surface area contributed by atoms with Gasteiger partial charge in [0, 0.05) is 19.3 Å². The van der Waals surface area contributed by atoms with Gasteiger partial charge in [-0.15, -0.1) is 0 Å². The fourth-order valence-electron chi connectivity index (χ4n) is 1.37. The Morgan fingerprint density at radius 2 is 1.85 bits per heavy atom. The Labute approximate surface area is 114 Å². The van der Waals surface area contributed by atoms with Crippen LogP contribution in [0.4, 0.5) is 18.9 Å². The first-order valence-electron chi connectivity index (χ1n) is 5.51. The molecule has 114 valence electrons. The Balaban J connectivity index is 2.75. The number of methoxy groups -OCH3 is 1. The summed E-state index contributed by atoms with van der Waals surface area (Å²) >= 11 is 0. The van der Waals surface area contributed by atoms with Gasteiger partial charge >= 0.3 is 5.51 Å². The van der Waals surface area contributed by atoms with Crippen LogP contribution in [0.15, 0.2) is 29.2 Å². The number of anilines is 1. The molecule has 1 aromatic carbocycles. The van der Waals surface area contributed by atoms with Crippen molar-refractivity contribution in [3.63, 3.8) is 0 Å². The molecule has 0 spiro atoms. The van der Waals surface area contributed by atoms with Gasteiger partial charge in [0.05, 0.1) is 17.6 Å². The molecule has 0 aliphatic rings. The molecule has 0 saturated carbocycles. The van der Waals surface area contributed by atoms with Gasteiger partial charge in [0.1, 0.15) is 0 Å². The molecular weight excluding hydrogens is 299 g/mol. The van der Waals surface area contributed by atoms with Crippen LogP contribution in [0, 0.1) is 0 Å². The standard InChI is InChI=1S/C11H14F3NO4S/c1-19-7-9(16)6-15-8-2-4-10(5-3-8)20(17,18)11(12,13)14/h2-5,9,15-16H,6-7H2,1H3. The van der Waals surface area contributed by atoms with Crippen LogP contribution in [-0.4, -0.2) is 45.4 Å². The SMILES string of the molecule is COCC(O)CNc1ccc(S(=O)(=O)C(F)(F)F)cc1. The quantitative estimate of drug-likeness (QED) is 0.830. The van der Waals surface area contributed by atoms with E-state index >= 15 is 0 Å². The Morgan fingerprint density at radius 3 is 2.30 bits per heavy atom. The van der Waals surface area contributed by atoms with Gasteiger partial charge in [0.15, 0.2) is 0 Å². The van der Waals surface area contributed by atoms with Crippen LogP contribution in [0.3, 0.4) is 0 Å². The maximum absolute atomic E-state index is 12.3. The predicted octanol–water partition coefficient (Wildman–Crippen LogP) is 1.40. The van der Waals surface area contributed by atoms with E-state index in [2.05, 4.69) is 5.32 Å². The molecule has 9 heteroatoms. The normalized spacial score (nSPS) is 14.1. The number of benzene rings is 1. The molecule has 1 unspecified atom stereocenters. The zero-order valence-electron chi connectivity index (χ0n) is 10.5. The summed E-state index contributed by atoms with van der Waals surface area (Å²) in [5.41, 5.74) is -4.93. The first kappa shape index (κ1) is 16.7. The van der Waals surface area contributed by atoms with Crippen molar-refractivity contribution in [2.75, 3.05) is 25.6 Å². The van der Waals surface area contributed by atoms with Crippen LogP contribution in [0.5, 0.6) is 0 Å². The van der Waals surface area contributed by atoms with E-state index in [9.17, 15) is 26.7 Å². The second kappa shape index (κ2) is 6.42. The van der Waals surface area contributed by atoms with Crippen molar-refractivity contribution in [3.8, 4) is 0 Å². The first-order chi connectivity index (χ1) is 9.18. The Hall–Kier alpha value is -1.32. The van der Waals surface area contributed by atoms with Gasteiger partial charge in [-0.2, -0.15) is 13.2 Å². The highest BCUT2D eigenvalue weighted by molar-refractivity contribution is 7.92. The highest BCUT2D eigenvalue weighted by atomic mass is 32.2.